The number of fused-ring (bicyclic) bond motifs is 1. The monoisotopic (exact) mass is 388 g/mol. The van der Waals surface area contributed by atoms with Gasteiger partial charge in [0.1, 0.15) is 24.2 Å². The number of benzene rings is 3. The number of methoxy groups -OCH3 is 1. The molecule has 0 radical (unpaired) electrons. The summed E-state index contributed by atoms with van der Waals surface area (Å²) in [6, 6.07) is 18.1. The summed E-state index contributed by atoms with van der Waals surface area (Å²) in [5, 5.41) is 16.8. The molecule has 0 bridgehead atoms. The van der Waals surface area contributed by atoms with Gasteiger partial charge in [0, 0.05) is 18.2 Å². The smallest absolute Gasteiger partial charge is 0.138 e. The lowest BCUT2D eigenvalue weighted by atomic mass is 10.0. The molecule has 1 aromatic heterocycles. The minimum Gasteiger partial charge on any atom is -0.508 e. The maximum atomic E-state index is 10.5. The molecule has 6 nitrogen and oxygen atoms in total. The van der Waals surface area contributed by atoms with E-state index < -0.39 is 0 Å². The fourth-order valence-electron chi connectivity index (χ4n) is 3.53. The lowest BCUT2D eigenvalue weighted by Gasteiger charge is -2.26. The summed E-state index contributed by atoms with van der Waals surface area (Å²) in [4.78, 5) is 6.21. The molecule has 148 valence electrons. The van der Waals surface area contributed by atoms with Gasteiger partial charge in [-0.25, -0.2) is 9.67 Å². The lowest BCUT2D eigenvalue weighted by Crippen LogP contribution is -2.22. The number of rotatable bonds is 6. The second kappa shape index (κ2) is 7.93. The fraction of sp³-hybridized carbons (Fsp3) is 0.217. The van der Waals surface area contributed by atoms with Crippen molar-refractivity contribution in [3.63, 3.8) is 0 Å². The van der Waals surface area contributed by atoms with Gasteiger partial charge in [-0.2, -0.15) is 5.10 Å². The van der Waals surface area contributed by atoms with Crippen molar-refractivity contribution >= 4 is 10.8 Å². The van der Waals surface area contributed by atoms with E-state index in [1.807, 2.05) is 36.4 Å². The van der Waals surface area contributed by atoms with Crippen LogP contribution in [0.3, 0.4) is 0 Å². The maximum absolute atomic E-state index is 10.5. The van der Waals surface area contributed by atoms with E-state index in [0.29, 0.717) is 12.3 Å². The van der Waals surface area contributed by atoms with Gasteiger partial charge >= 0.3 is 0 Å². The number of ether oxygens (including phenoxy) is 1. The highest BCUT2D eigenvalue weighted by atomic mass is 16.5. The second-order valence-electron chi connectivity index (χ2n) is 7.17. The first kappa shape index (κ1) is 19.0. The lowest BCUT2D eigenvalue weighted by molar-refractivity contribution is 0.251. The van der Waals surface area contributed by atoms with E-state index >= 15 is 0 Å². The Bertz CT molecular complexity index is 1110. The third-order valence-electron chi connectivity index (χ3n) is 5.44. The number of phenols is 1. The Morgan fingerprint density at radius 2 is 1.86 bits per heavy atom. The van der Waals surface area contributed by atoms with Crippen molar-refractivity contribution in [1.82, 2.24) is 19.7 Å². The van der Waals surface area contributed by atoms with Crippen LogP contribution in [-0.4, -0.2) is 38.9 Å². The third-order valence-corrected chi connectivity index (χ3v) is 5.44. The highest BCUT2D eigenvalue weighted by Gasteiger charge is 2.16. The summed E-state index contributed by atoms with van der Waals surface area (Å²) >= 11 is 0. The first-order valence-corrected chi connectivity index (χ1v) is 9.50. The predicted octanol–water partition coefficient (Wildman–Crippen LogP) is 4.33. The van der Waals surface area contributed by atoms with Gasteiger partial charge in [-0.15, -0.1) is 0 Å². The van der Waals surface area contributed by atoms with Gasteiger partial charge in [0.15, 0.2) is 0 Å². The Morgan fingerprint density at radius 1 is 1.10 bits per heavy atom. The summed E-state index contributed by atoms with van der Waals surface area (Å²) in [5.74, 6) is 1.08. The van der Waals surface area contributed by atoms with Crippen LogP contribution in [0.5, 0.6) is 11.5 Å². The van der Waals surface area contributed by atoms with Crippen molar-refractivity contribution in [3.05, 3.63) is 78.4 Å². The molecule has 0 aliphatic rings. The van der Waals surface area contributed by atoms with Gasteiger partial charge in [0.05, 0.1) is 12.8 Å². The predicted molar refractivity (Wildman–Crippen MR) is 113 cm³/mol. The molecule has 6 heteroatoms. The number of phenolic OH excluding ortho intramolecular Hbond substituents is 1. The summed E-state index contributed by atoms with van der Waals surface area (Å²) in [7, 11) is 3.72. The zero-order chi connectivity index (χ0) is 20.4. The Kier molecular flexibility index (Phi) is 5.18. The van der Waals surface area contributed by atoms with Crippen LogP contribution in [0.1, 0.15) is 24.1 Å². The third kappa shape index (κ3) is 3.79. The SMILES string of the molecule is COc1ccc2ccc(O)c(CN(C)[C@@H](C)c3ccc(-n4cncn4)cc3)c2c1. The van der Waals surface area contributed by atoms with Gasteiger partial charge < -0.3 is 9.84 Å². The van der Waals surface area contributed by atoms with Crippen LogP contribution < -0.4 is 4.74 Å². The van der Waals surface area contributed by atoms with Crippen molar-refractivity contribution in [2.24, 2.45) is 0 Å². The Hall–Kier alpha value is -3.38. The first-order chi connectivity index (χ1) is 14.1. The van der Waals surface area contributed by atoms with Crippen LogP contribution in [0.15, 0.2) is 67.3 Å². The van der Waals surface area contributed by atoms with E-state index in [1.54, 1.807) is 24.2 Å². The van der Waals surface area contributed by atoms with E-state index in [9.17, 15) is 5.11 Å². The zero-order valence-electron chi connectivity index (χ0n) is 16.8. The highest BCUT2D eigenvalue weighted by Crippen LogP contribution is 2.32. The number of aromatic nitrogens is 3. The molecule has 4 rings (SSSR count). The average Bonchev–Trinajstić information content (AvgIpc) is 3.30. The van der Waals surface area contributed by atoms with Crippen molar-refractivity contribution in [3.8, 4) is 17.2 Å². The van der Waals surface area contributed by atoms with E-state index in [1.165, 1.54) is 11.9 Å². The topological polar surface area (TPSA) is 63.4 Å². The molecule has 1 N–H and O–H groups in total. The quantitative estimate of drug-likeness (QED) is 0.533. The molecule has 1 heterocycles. The van der Waals surface area contributed by atoms with E-state index in [4.69, 9.17) is 4.74 Å². The molecular formula is C23H24N4O2. The average molecular weight is 388 g/mol. The Morgan fingerprint density at radius 3 is 2.55 bits per heavy atom. The van der Waals surface area contributed by atoms with Crippen LogP contribution in [0.25, 0.3) is 16.5 Å². The number of hydrogen-bond acceptors (Lipinski definition) is 5. The van der Waals surface area contributed by atoms with Crippen LogP contribution in [-0.2, 0) is 6.54 Å². The molecule has 4 aromatic rings. The first-order valence-electron chi connectivity index (χ1n) is 9.50. The minimum atomic E-state index is 0.167. The molecule has 0 unspecified atom stereocenters. The highest BCUT2D eigenvalue weighted by molar-refractivity contribution is 5.89. The molecule has 0 amide bonds. The molecule has 0 aliphatic carbocycles. The number of aromatic hydroxyl groups is 1. The molecule has 0 aliphatic heterocycles. The van der Waals surface area contributed by atoms with Gasteiger partial charge in [0.2, 0.25) is 0 Å². The van der Waals surface area contributed by atoms with Gasteiger partial charge in [-0.05, 0) is 60.6 Å². The summed E-state index contributed by atoms with van der Waals surface area (Å²) in [5.41, 5.74) is 3.06. The Balaban J connectivity index is 1.59. The molecule has 0 spiro atoms. The van der Waals surface area contributed by atoms with Crippen LogP contribution in [0.2, 0.25) is 0 Å². The second-order valence-corrected chi connectivity index (χ2v) is 7.17. The molecular weight excluding hydrogens is 364 g/mol. The molecule has 0 fully saturated rings. The maximum Gasteiger partial charge on any atom is 0.138 e. The van der Waals surface area contributed by atoms with Crippen LogP contribution in [0.4, 0.5) is 0 Å². The van der Waals surface area contributed by atoms with E-state index in [-0.39, 0.29) is 6.04 Å². The number of nitrogens with zero attached hydrogens (tertiary/aromatic N) is 4. The Labute approximate surface area is 170 Å². The molecule has 1 atom stereocenters. The largest absolute Gasteiger partial charge is 0.508 e. The van der Waals surface area contributed by atoms with Gasteiger partial charge in [-0.1, -0.05) is 24.3 Å². The molecule has 0 saturated heterocycles. The summed E-state index contributed by atoms with van der Waals surface area (Å²) in [6.45, 7) is 2.77. The normalized spacial score (nSPS) is 12.4. The molecule has 0 saturated carbocycles. The van der Waals surface area contributed by atoms with Crippen LogP contribution in [0, 0.1) is 0 Å². The van der Waals surface area contributed by atoms with Crippen molar-refractivity contribution in [2.75, 3.05) is 14.2 Å². The molecule has 3 aromatic carbocycles. The zero-order valence-corrected chi connectivity index (χ0v) is 16.8. The van der Waals surface area contributed by atoms with E-state index in [0.717, 1.165) is 27.8 Å². The van der Waals surface area contributed by atoms with Crippen molar-refractivity contribution in [2.45, 2.75) is 19.5 Å². The minimum absolute atomic E-state index is 0.167. The van der Waals surface area contributed by atoms with Crippen LogP contribution >= 0.6 is 0 Å². The fourth-order valence-corrected chi connectivity index (χ4v) is 3.53. The van der Waals surface area contributed by atoms with Gasteiger partial charge in [-0.3, -0.25) is 4.90 Å². The standard InChI is InChI=1S/C23H24N4O2/c1-16(17-4-8-19(9-5-17)27-15-24-14-25-27)26(2)13-22-21-12-20(29-3)10-6-18(21)7-11-23(22)28/h4-12,14-16,28H,13H2,1-3H3/t16-/m0/s1. The van der Waals surface area contributed by atoms with Crippen molar-refractivity contribution < 1.29 is 9.84 Å². The van der Waals surface area contributed by atoms with Gasteiger partial charge in [0.25, 0.3) is 0 Å². The summed E-state index contributed by atoms with van der Waals surface area (Å²) in [6.07, 6.45) is 3.21. The van der Waals surface area contributed by atoms with E-state index in [2.05, 4.69) is 41.1 Å². The van der Waals surface area contributed by atoms with Crippen molar-refractivity contribution in [1.29, 1.82) is 0 Å². The number of hydrogen-bond donors (Lipinski definition) is 1. The summed E-state index contributed by atoms with van der Waals surface area (Å²) < 4.78 is 7.11. The molecule has 29 heavy (non-hydrogen) atoms.